The lowest BCUT2D eigenvalue weighted by molar-refractivity contribution is 1.28. The number of nitrogens with zero attached hydrogens (tertiary/aromatic N) is 2. The maximum absolute atomic E-state index is 2.39. The lowest BCUT2D eigenvalue weighted by atomic mass is 9.93. The van der Waals surface area contributed by atoms with Crippen molar-refractivity contribution in [3.05, 3.63) is 291 Å². The standard InChI is InChI=1S/C68H48N2/c1-4-16-49(17-5-1)50-30-38-58(39-31-50)69(57-24-8-3-9-25-57)59-40-36-56(37-41-59)67-47-46-62(48-68(67)53-18-6-2-7-19-53)70(60-42-32-54(33-43-60)65-28-14-22-51-20-10-12-26-63(51)65)61-44-34-55(35-45-61)66-29-15-23-52-21-11-13-27-64(52)66/h1-48H. The molecule has 0 radical (unpaired) electrons. The van der Waals surface area contributed by atoms with Crippen molar-refractivity contribution >= 4 is 55.7 Å². The second-order valence-corrected chi connectivity index (χ2v) is 17.7. The number of para-hydroxylation sites is 1. The molecule has 0 bridgehead atoms. The molecule has 0 unspecified atom stereocenters. The van der Waals surface area contributed by atoms with E-state index in [-0.39, 0.29) is 0 Å². The lowest BCUT2D eigenvalue weighted by Gasteiger charge is -2.28. The molecule has 0 saturated carbocycles. The van der Waals surface area contributed by atoms with Crippen molar-refractivity contribution in [1.82, 2.24) is 0 Å². The Kier molecular flexibility index (Phi) is 11.3. The van der Waals surface area contributed by atoms with E-state index >= 15 is 0 Å². The Bertz CT molecular complexity index is 3580. The highest BCUT2D eigenvalue weighted by atomic mass is 15.1. The molecule has 0 fully saturated rings. The van der Waals surface area contributed by atoms with Crippen LogP contribution in [0.25, 0.3) is 77.2 Å². The van der Waals surface area contributed by atoms with E-state index in [1.54, 1.807) is 0 Å². The average Bonchev–Trinajstić information content (AvgIpc) is 3.44. The number of hydrogen-bond donors (Lipinski definition) is 0. The number of rotatable bonds is 11. The van der Waals surface area contributed by atoms with Crippen molar-refractivity contribution in [3.63, 3.8) is 0 Å². The normalized spacial score (nSPS) is 11.1. The monoisotopic (exact) mass is 892 g/mol. The zero-order valence-corrected chi connectivity index (χ0v) is 38.6. The number of fused-ring (bicyclic) bond motifs is 2. The van der Waals surface area contributed by atoms with Gasteiger partial charge in [0.05, 0.1) is 0 Å². The molecule has 12 rings (SSSR count). The van der Waals surface area contributed by atoms with Gasteiger partial charge in [0.2, 0.25) is 0 Å². The van der Waals surface area contributed by atoms with E-state index in [9.17, 15) is 0 Å². The minimum Gasteiger partial charge on any atom is -0.311 e. The van der Waals surface area contributed by atoms with Gasteiger partial charge >= 0.3 is 0 Å². The highest BCUT2D eigenvalue weighted by Crippen LogP contribution is 2.44. The fourth-order valence-electron chi connectivity index (χ4n) is 10.0. The number of benzene rings is 12. The van der Waals surface area contributed by atoms with Crippen LogP contribution in [-0.4, -0.2) is 0 Å². The molecule has 0 heterocycles. The SMILES string of the molecule is c1ccc(-c2ccc(N(c3ccccc3)c3ccc(-c4ccc(N(c5ccc(-c6cccc7ccccc67)cc5)c5ccc(-c6cccc7ccccc67)cc5)cc4-c4ccccc4)cc3)cc2)cc1. The summed E-state index contributed by atoms with van der Waals surface area (Å²) in [6.45, 7) is 0. The summed E-state index contributed by atoms with van der Waals surface area (Å²) in [5.41, 5.74) is 18.4. The van der Waals surface area contributed by atoms with Crippen LogP contribution in [0.15, 0.2) is 291 Å². The summed E-state index contributed by atoms with van der Waals surface area (Å²) in [6.07, 6.45) is 0. The molecule has 12 aromatic rings. The molecule has 330 valence electrons. The summed E-state index contributed by atoms with van der Waals surface area (Å²) in [4.78, 5) is 4.72. The van der Waals surface area contributed by atoms with Crippen molar-refractivity contribution in [3.8, 4) is 55.6 Å². The first-order chi connectivity index (χ1) is 34.7. The van der Waals surface area contributed by atoms with E-state index in [4.69, 9.17) is 0 Å². The molecule has 0 aliphatic rings. The van der Waals surface area contributed by atoms with E-state index < -0.39 is 0 Å². The van der Waals surface area contributed by atoms with Crippen LogP contribution in [0, 0.1) is 0 Å². The van der Waals surface area contributed by atoms with Gasteiger partial charge in [0.25, 0.3) is 0 Å². The first-order valence-electron chi connectivity index (χ1n) is 24.0. The van der Waals surface area contributed by atoms with Gasteiger partial charge in [-0.05, 0) is 150 Å². The number of hydrogen-bond acceptors (Lipinski definition) is 2. The van der Waals surface area contributed by atoms with Crippen molar-refractivity contribution in [2.45, 2.75) is 0 Å². The Hall–Kier alpha value is -9.24. The lowest BCUT2D eigenvalue weighted by Crippen LogP contribution is -2.10. The third-order valence-corrected chi connectivity index (χ3v) is 13.5. The van der Waals surface area contributed by atoms with Crippen LogP contribution in [-0.2, 0) is 0 Å². The molecule has 0 aliphatic heterocycles. The average molecular weight is 893 g/mol. The smallest absolute Gasteiger partial charge is 0.0468 e. The van der Waals surface area contributed by atoms with Gasteiger partial charge in [-0.1, -0.05) is 218 Å². The fraction of sp³-hybridized carbons (Fsp3) is 0. The second kappa shape index (κ2) is 18.8. The fourth-order valence-corrected chi connectivity index (χ4v) is 10.0. The second-order valence-electron chi connectivity index (χ2n) is 17.7. The molecule has 0 N–H and O–H groups in total. The van der Waals surface area contributed by atoms with Gasteiger partial charge in [-0.2, -0.15) is 0 Å². The summed E-state index contributed by atoms with van der Waals surface area (Å²) in [5.74, 6) is 0. The van der Waals surface area contributed by atoms with E-state index in [1.807, 2.05) is 0 Å². The quantitative estimate of drug-likeness (QED) is 0.128. The van der Waals surface area contributed by atoms with Crippen LogP contribution >= 0.6 is 0 Å². The summed E-state index contributed by atoms with van der Waals surface area (Å²) < 4.78 is 0. The Labute approximate surface area is 410 Å². The van der Waals surface area contributed by atoms with Crippen molar-refractivity contribution in [2.75, 3.05) is 9.80 Å². The highest BCUT2D eigenvalue weighted by Gasteiger charge is 2.19. The molecule has 0 saturated heterocycles. The van der Waals surface area contributed by atoms with E-state index in [0.29, 0.717) is 0 Å². The summed E-state index contributed by atoms with van der Waals surface area (Å²) in [6, 6.07) is 105. The van der Waals surface area contributed by atoms with Gasteiger partial charge in [0, 0.05) is 34.1 Å². The van der Waals surface area contributed by atoms with Crippen molar-refractivity contribution in [1.29, 1.82) is 0 Å². The van der Waals surface area contributed by atoms with E-state index in [1.165, 1.54) is 54.9 Å². The minimum absolute atomic E-state index is 1.07. The summed E-state index contributed by atoms with van der Waals surface area (Å²) in [5, 5.41) is 4.98. The van der Waals surface area contributed by atoms with Crippen LogP contribution in [0.2, 0.25) is 0 Å². The van der Waals surface area contributed by atoms with Crippen molar-refractivity contribution in [2.24, 2.45) is 0 Å². The molecule has 0 aromatic heterocycles. The van der Waals surface area contributed by atoms with Crippen LogP contribution < -0.4 is 9.80 Å². The Morgan fingerprint density at radius 2 is 0.486 bits per heavy atom. The van der Waals surface area contributed by atoms with Crippen molar-refractivity contribution < 1.29 is 0 Å². The van der Waals surface area contributed by atoms with Gasteiger partial charge in [0.15, 0.2) is 0 Å². The molecule has 0 atom stereocenters. The predicted octanol–water partition coefficient (Wildman–Crippen LogP) is 19.3. The third-order valence-electron chi connectivity index (χ3n) is 13.5. The molecule has 12 aromatic carbocycles. The Balaban J connectivity index is 0.947. The maximum atomic E-state index is 2.39. The van der Waals surface area contributed by atoms with Gasteiger partial charge in [0.1, 0.15) is 0 Å². The number of anilines is 6. The zero-order chi connectivity index (χ0) is 46.6. The topological polar surface area (TPSA) is 6.48 Å². The molecular weight excluding hydrogens is 845 g/mol. The molecule has 0 spiro atoms. The van der Waals surface area contributed by atoms with Crippen LogP contribution in [0.1, 0.15) is 0 Å². The Morgan fingerprint density at radius 1 is 0.171 bits per heavy atom. The first-order valence-corrected chi connectivity index (χ1v) is 24.0. The summed E-state index contributed by atoms with van der Waals surface area (Å²) in [7, 11) is 0. The van der Waals surface area contributed by atoms with Crippen LogP contribution in [0.5, 0.6) is 0 Å². The summed E-state index contributed by atoms with van der Waals surface area (Å²) >= 11 is 0. The third kappa shape index (κ3) is 8.29. The molecule has 70 heavy (non-hydrogen) atoms. The Morgan fingerprint density at radius 3 is 0.971 bits per heavy atom. The molecule has 2 heteroatoms. The molecule has 0 aliphatic carbocycles. The maximum Gasteiger partial charge on any atom is 0.0468 e. The molecule has 2 nitrogen and oxygen atoms in total. The van der Waals surface area contributed by atoms with E-state index in [2.05, 4.69) is 301 Å². The van der Waals surface area contributed by atoms with Gasteiger partial charge in [-0.3, -0.25) is 0 Å². The first kappa shape index (κ1) is 42.1. The largest absolute Gasteiger partial charge is 0.311 e. The van der Waals surface area contributed by atoms with Crippen LogP contribution in [0.4, 0.5) is 34.1 Å². The molecule has 0 amide bonds. The van der Waals surface area contributed by atoms with Gasteiger partial charge in [-0.15, -0.1) is 0 Å². The minimum atomic E-state index is 1.07. The molecular formula is C68H48N2. The van der Waals surface area contributed by atoms with E-state index in [0.717, 1.165) is 56.4 Å². The highest BCUT2D eigenvalue weighted by molar-refractivity contribution is 5.99. The van der Waals surface area contributed by atoms with Crippen LogP contribution in [0.3, 0.4) is 0 Å². The predicted molar refractivity (Wildman–Crippen MR) is 298 cm³/mol. The zero-order valence-electron chi connectivity index (χ0n) is 38.6. The van der Waals surface area contributed by atoms with Gasteiger partial charge in [-0.25, -0.2) is 0 Å². The van der Waals surface area contributed by atoms with Gasteiger partial charge < -0.3 is 9.80 Å².